The summed E-state index contributed by atoms with van der Waals surface area (Å²) in [5.74, 6) is 0.704. The molecule has 0 saturated carbocycles. The van der Waals surface area contributed by atoms with Gasteiger partial charge in [-0.25, -0.2) is 4.68 Å². The van der Waals surface area contributed by atoms with Crippen LogP contribution in [0.5, 0.6) is 0 Å². The molecule has 0 saturated heterocycles. The molecule has 0 radical (unpaired) electrons. The van der Waals surface area contributed by atoms with Crippen LogP contribution in [-0.2, 0) is 0 Å². The Morgan fingerprint density at radius 3 is 2.90 bits per heavy atom. The van der Waals surface area contributed by atoms with Crippen molar-refractivity contribution in [1.29, 1.82) is 0 Å². The van der Waals surface area contributed by atoms with Crippen LogP contribution in [0.3, 0.4) is 0 Å². The maximum absolute atomic E-state index is 12.2. The highest BCUT2D eigenvalue weighted by atomic mass is 16.1. The summed E-state index contributed by atoms with van der Waals surface area (Å²) in [6.07, 6.45) is 6.14. The highest BCUT2D eigenvalue weighted by molar-refractivity contribution is 5.99. The van der Waals surface area contributed by atoms with Gasteiger partial charge in [-0.1, -0.05) is 0 Å². The van der Waals surface area contributed by atoms with Gasteiger partial charge in [0.2, 0.25) is 0 Å². The number of hydrogen-bond acceptors (Lipinski definition) is 4. The van der Waals surface area contributed by atoms with Crippen molar-refractivity contribution in [3.63, 3.8) is 0 Å². The number of nitrogens with zero attached hydrogens (tertiary/aromatic N) is 3. The van der Waals surface area contributed by atoms with E-state index < -0.39 is 0 Å². The average molecular weight is 285 g/mol. The maximum atomic E-state index is 12.2. The molecule has 3 heterocycles. The van der Waals surface area contributed by atoms with Crippen LogP contribution in [0.1, 0.15) is 42.2 Å². The topological polar surface area (TPSA) is 71.8 Å². The monoisotopic (exact) mass is 285 g/mol. The zero-order valence-electron chi connectivity index (χ0n) is 12.2. The van der Waals surface area contributed by atoms with E-state index in [1.54, 1.807) is 18.6 Å². The highest BCUT2D eigenvalue weighted by Gasteiger charge is 2.26. The molecule has 0 aliphatic carbocycles. The quantitative estimate of drug-likeness (QED) is 0.902. The number of nitrogens with one attached hydrogen (secondary N) is 2. The van der Waals surface area contributed by atoms with E-state index in [0.717, 1.165) is 24.3 Å². The Morgan fingerprint density at radius 1 is 1.43 bits per heavy atom. The molecule has 1 amide bonds. The van der Waals surface area contributed by atoms with Crippen LogP contribution in [-0.4, -0.2) is 33.3 Å². The predicted molar refractivity (Wildman–Crippen MR) is 80.3 cm³/mol. The first-order valence-electron chi connectivity index (χ1n) is 7.19. The molecule has 3 rings (SSSR count). The number of aromatic nitrogens is 3. The number of carbonyl (C=O) groups excluding carboxylic acids is 1. The molecule has 0 aromatic carbocycles. The first kappa shape index (κ1) is 13.6. The fourth-order valence-electron chi connectivity index (χ4n) is 2.62. The van der Waals surface area contributed by atoms with Crippen molar-refractivity contribution in [3.05, 3.63) is 41.9 Å². The van der Waals surface area contributed by atoms with Crippen LogP contribution in [0.4, 0.5) is 5.82 Å². The van der Waals surface area contributed by atoms with Crippen LogP contribution in [0.15, 0.2) is 30.7 Å². The lowest BCUT2D eigenvalue weighted by Crippen LogP contribution is -2.31. The molecule has 0 spiro atoms. The molecule has 1 aliphatic heterocycles. The molecule has 2 aromatic heterocycles. The number of pyridine rings is 1. The number of anilines is 1. The van der Waals surface area contributed by atoms with Gasteiger partial charge >= 0.3 is 0 Å². The lowest BCUT2D eigenvalue weighted by molar-refractivity contribution is 0.0944. The predicted octanol–water partition coefficient (Wildman–Crippen LogP) is 1.82. The summed E-state index contributed by atoms with van der Waals surface area (Å²) in [7, 11) is 0. The standard InChI is InChI=1S/C15H19N5O/c1-10(2)19-15(21)12-9-18-20-13(5-8-17-14(12)20)11-3-6-16-7-4-11/h3-4,6-7,9-10,13,17H,5,8H2,1-2H3,(H,19,21). The van der Waals surface area contributed by atoms with E-state index in [1.165, 1.54) is 0 Å². The molecule has 0 bridgehead atoms. The molecular formula is C15H19N5O. The van der Waals surface area contributed by atoms with E-state index in [2.05, 4.69) is 20.7 Å². The van der Waals surface area contributed by atoms with Gasteiger partial charge in [0, 0.05) is 25.0 Å². The molecule has 21 heavy (non-hydrogen) atoms. The smallest absolute Gasteiger partial charge is 0.256 e. The van der Waals surface area contributed by atoms with Crippen molar-refractivity contribution in [1.82, 2.24) is 20.1 Å². The van der Waals surface area contributed by atoms with E-state index in [4.69, 9.17) is 0 Å². The molecule has 1 unspecified atom stereocenters. The van der Waals surface area contributed by atoms with Crippen molar-refractivity contribution in [3.8, 4) is 0 Å². The molecule has 6 heteroatoms. The van der Waals surface area contributed by atoms with Crippen molar-refractivity contribution in [2.45, 2.75) is 32.4 Å². The fourth-order valence-corrected chi connectivity index (χ4v) is 2.62. The van der Waals surface area contributed by atoms with Crippen LogP contribution in [0, 0.1) is 0 Å². The maximum Gasteiger partial charge on any atom is 0.256 e. The van der Waals surface area contributed by atoms with Gasteiger partial charge in [0.1, 0.15) is 11.4 Å². The van der Waals surface area contributed by atoms with Crippen LogP contribution in [0.2, 0.25) is 0 Å². The van der Waals surface area contributed by atoms with E-state index in [0.29, 0.717) is 5.56 Å². The normalized spacial score (nSPS) is 17.2. The molecule has 2 N–H and O–H groups in total. The second kappa shape index (κ2) is 5.55. The fraction of sp³-hybridized carbons (Fsp3) is 0.400. The Hall–Kier alpha value is -2.37. The minimum Gasteiger partial charge on any atom is -0.369 e. The third kappa shape index (κ3) is 2.61. The van der Waals surface area contributed by atoms with Crippen molar-refractivity contribution < 1.29 is 4.79 Å². The third-order valence-electron chi connectivity index (χ3n) is 3.56. The van der Waals surface area contributed by atoms with Gasteiger partial charge in [0.15, 0.2) is 0 Å². The van der Waals surface area contributed by atoms with Gasteiger partial charge in [-0.15, -0.1) is 0 Å². The zero-order valence-corrected chi connectivity index (χ0v) is 12.2. The van der Waals surface area contributed by atoms with Crippen LogP contribution < -0.4 is 10.6 Å². The minimum atomic E-state index is -0.0888. The molecule has 1 atom stereocenters. The van der Waals surface area contributed by atoms with Gasteiger partial charge in [-0.05, 0) is 38.0 Å². The van der Waals surface area contributed by atoms with Crippen molar-refractivity contribution >= 4 is 11.7 Å². The molecule has 110 valence electrons. The summed E-state index contributed by atoms with van der Waals surface area (Å²) in [5.41, 5.74) is 1.76. The second-order valence-corrected chi connectivity index (χ2v) is 5.49. The zero-order chi connectivity index (χ0) is 14.8. The Morgan fingerprint density at radius 2 is 2.19 bits per heavy atom. The first-order valence-corrected chi connectivity index (χ1v) is 7.19. The Bertz CT molecular complexity index is 635. The summed E-state index contributed by atoms with van der Waals surface area (Å²) in [6, 6.07) is 4.24. The summed E-state index contributed by atoms with van der Waals surface area (Å²) >= 11 is 0. The lowest BCUT2D eigenvalue weighted by atomic mass is 10.0. The van der Waals surface area contributed by atoms with Crippen LogP contribution in [0.25, 0.3) is 0 Å². The average Bonchev–Trinajstić information content (AvgIpc) is 2.91. The number of fused-ring (bicyclic) bond motifs is 1. The Labute approximate surface area is 123 Å². The Kier molecular flexibility index (Phi) is 3.60. The molecule has 2 aromatic rings. The summed E-state index contributed by atoms with van der Waals surface area (Å²) in [5, 5.41) is 10.6. The summed E-state index contributed by atoms with van der Waals surface area (Å²) in [6.45, 7) is 4.71. The molecule has 0 fully saturated rings. The van der Waals surface area contributed by atoms with Gasteiger partial charge in [-0.2, -0.15) is 5.10 Å². The number of hydrogen-bond donors (Lipinski definition) is 2. The molecular weight excluding hydrogens is 266 g/mol. The largest absolute Gasteiger partial charge is 0.369 e. The van der Waals surface area contributed by atoms with Crippen molar-refractivity contribution in [2.75, 3.05) is 11.9 Å². The molecule has 1 aliphatic rings. The van der Waals surface area contributed by atoms with Gasteiger partial charge in [0.05, 0.1) is 12.2 Å². The van der Waals surface area contributed by atoms with Crippen molar-refractivity contribution in [2.24, 2.45) is 0 Å². The summed E-state index contributed by atoms with van der Waals surface area (Å²) in [4.78, 5) is 16.3. The van der Waals surface area contributed by atoms with Gasteiger partial charge in [-0.3, -0.25) is 9.78 Å². The van der Waals surface area contributed by atoms with E-state index >= 15 is 0 Å². The number of rotatable bonds is 3. The summed E-state index contributed by atoms with van der Waals surface area (Å²) < 4.78 is 1.90. The van der Waals surface area contributed by atoms with E-state index in [-0.39, 0.29) is 18.0 Å². The second-order valence-electron chi connectivity index (χ2n) is 5.49. The van der Waals surface area contributed by atoms with E-state index in [9.17, 15) is 4.79 Å². The van der Waals surface area contributed by atoms with E-state index in [1.807, 2.05) is 30.7 Å². The van der Waals surface area contributed by atoms with Crippen LogP contribution >= 0.6 is 0 Å². The lowest BCUT2D eigenvalue weighted by Gasteiger charge is -2.26. The highest BCUT2D eigenvalue weighted by Crippen LogP contribution is 2.30. The number of carbonyl (C=O) groups is 1. The number of amides is 1. The minimum absolute atomic E-state index is 0.0888. The van der Waals surface area contributed by atoms with Gasteiger partial charge < -0.3 is 10.6 Å². The third-order valence-corrected chi connectivity index (χ3v) is 3.56. The van der Waals surface area contributed by atoms with Gasteiger partial charge in [0.25, 0.3) is 5.91 Å². The Balaban J connectivity index is 1.94. The SMILES string of the molecule is CC(C)NC(=O)c1cnn2c1NCCC2c1ccncc1. The first-order chi connectivity index (χ1) is 10.2. The molecule has 6 nitrogen and oxygen atoms in total.